The Morgan fingerprint density at radius 2 is 1.90 bits per heavy atom. The lowest BCUT2D eigenvalue weighted by Gasteiger charge is -2.27. The maximum Gasteiger partial charge on any atom is 0.232 e. The molecule has 2 aliphatic rings. The number of nitrogens with zero attached hydrogens (tertiary/aromatic N) is 4. The summed E-state index contributed by atoms with van der Waals surface area (Å²) in [6, 6.07) is 11.4. The molecule has 5 rings (SSSR count). The lowest BCUT2D eigenvalue weighted by atomic mass is 10.1. The average Bonchev–Trinajstić information content (AvgIpc) is 3.44. The third-order valence-corrected chi connectivity index (χ3v) is 5.93. The molecule has 3 aromatic rings. The molecule has 1 fully saturated rings. The minimum absolute atomic E-state index is 0.0787. The number of morpholine rings is 1. The minimum atomic E-state index is -0.355. The van der Waals surface area contributed by atoms with Gasteiger partial charge in [0.1, 0.15) is 5.82 Å². The van der Waals surface area contributed by atoms with Crippen LogP contribution >= 0.6 is 11.8 Å². The normalized spacial score (nSPS) is 15.3. The molecule has 3 heterocycles. The van der Waals surface area contributed by atoms with Crippen molar-refractivity contribution in [1.82, 2.24) is 14.8 Å². The number of hydrogen-bond donors (Lipinski definition) is 0. The predicted octanol–water partition coefficient (Wildman–Crippen LogP) is 2.95. The van der Waals surface area contributed by atoms with E-state index in [0.717, 1.165) is 0 Å². The highest BCUT2D eigenvalue weighted by Crippen LogP contribution is 2.33. The Bertz CT molecular complexity index is 1120. The van der Waals surface area contributed by atoms with E-state index in [9.17, 15) is 9.18 Å². The standard InChI is InChI=1S/C21H19FN4O4S/c22-15-2-1-3-16(11-15)26-20(25-6-8-28-9-7-25)23-24-21(26)31-12-17(27)14-4-5-18-19(10-14)30-13-29-18/h1-5,10-11H,6-9,12-13H2. The number of carbonyl (C=O) groups is 1. The average molecular weight is 442 g/mol. The van der Waals surface area contributed by atoms with E-state index in [1.165, 1.54) is 23.9 Å². The van der Waals surface area contributed by atoms with E-state index in [-0.39, 0.29) is 24.1 Å². The molecule has 0 aliphatic carbocycles. The van der Waals surface area contributed by atoms with Crippen molar-refractivity contribution >= 4 is 23.5 Å². The number of aromatic nitrogens is 3. The second kappa shape index (κ2) is 8.56. The Balaban J connectivity index is 1.40. The largest absolute Gasteiger partial charge is 0.454 e. The number of carbonyl (C=O) groups excluding carboxylic acids is 1. The smallest absolute Gasteiger partial charge is 0.232 e. The molecule has 31 heavy (non-hydrogen) atoms. The number of Topliss-reactive ketones (excluding diaryl/α,β-unsaturated/α-hetero) is 1. The summed E-state index contributed by atoms with van der Waals surface area (Å²) >= 11 is 1.26. The van der Waals surface area contributed by atoms with Crippen molar-refractivity contribution in [3.05, 3.63) is 53.8 Å². The van der Waals surface area contributed by atoms with E-state index in [1.807, 2.05) is 4.90 Å². The number of ether oxygens (including phenoxy) is 3. The molecule has 10 heteroatoms. The van der Waals surface area contributed by atoms with Gasteiger partial charge in [0.25, 0.3) is 0 Å². The SMILES string of the molecule is O=C(CSc1nnc(N2CCOCC2)n1-c1cccc(F)c1)c1ccc2c(c1)OCO2. The van der Waals surface area contributed by atoms with E-state index in [0.29, 0.717) is 60.2 Å². The fraction of sp³-hybridized carbons (Fsp3) is 0.286. The number of rotatable bonds is 6. The Morgan fingerprint density at radius 1 is 1.06 bits per heavy atom. The monoisotopic (exact) mass is 442 g/mol. The molecule has 8 nitrogen and oxygen atoms in total. The molecule has 2 aliphatic heterocycles. The van der Waals surface area contributed by atoms with Crippen molar-refractivity contribution in [3.8, 4) is 17.2 Å². The molecule has 0 N–H and O–H groups in total. The first kappa shape index (κ1) is 19.8. The Morgan fingerprint density at radius 3 is 2.74 bits per heavy atom. The van der Waals surface area contributed by atoms with Gasteiger partial charge in [-0.1, -0.05) is 17.8 Å². The highest BCUT2D eigenvalue weighted by molar-refractivity contribution is 7.99. The van der Waals surface area contributed by atoms with Gasteiger partial charge in [0.05, 0.1) is 24.7 Å². The summed E-state index contributed by atoms with van der Waals surface area (Å²) in [4.78, 5) is 14.8. The first-order valence-corrected chi connectivity index (χ1v) is 10.8. The summed E-state index contributed by atoms with van der Waals surface area (Å²) in [5, 5.41) is 9.15. The van der Waals surface area contributed by atoms with Gasteiger partial charge in [0, 0.05) is 18.7 Å². The fourth-order valence-corrected chi connectivity index (χ4v) is 4.29. The van der Waals surface area contributed by atoms with Gasteiger partial charge in [0.15, 0.2) is 22.4 Å². The van der Waals surface area contributed by atoms with E-state index < -0.39 is 0 Å². The number of benzene rings is 2. The summed E-state index contributed by atoms with van der Waals surface area (Å²) in [6.45, 7) is 2.65. The molecule has 0 saturated carbocycles. The zero-order chi connectivity index (χ0) is 21.2. The topological polar surface area (TPSA) is 78.7 Å². The molecule has 0 amide bonds. The van der Waals surface area contributed by atoms with E-state index in [1.54, 1.807) is 34.9 Å². The second-order valence-electron chi connectivity index (χ2n) is 6.98. The molecule has 160 valence electrons. The predicted molar refractivity (Wildman–Crippen MR) is 112 cm³/mol. The number of ketones is 1. The molecule has 0 radical (unpaired) electrons. The Kier molecular flexibility index (Phi) is 5.47. The van der Waals surface area contributed by atoms with Gasteiger partial charge in [0.2, 0.25) is 12.7 Å². The zero-order valence-corrected chi connectivity index (χ0v) is 17.3. The number of anilines is 1. The Labute approximate surface area is 181 Å². The third kappa shape index (κ3) is 4.08. The van der Waals surface area contributed by atoms with Gasteiger partial charge < -0.3 is 19.1 Å². The molecule has 0 unspecified atom stereocenters. The molecule has 1 aromatic heterocycles. The van der Waals surface area contributed by atoms with Crippen LogP contribution in [0.5, 0.6) is 11.5 Å². The highest BCUT2D eigenvalue weighted by atomic mass is 32.2. The first-order valence-electron chi connectivity index (χ1n) is 9.79. The van der Waals surface area contributed by atoms with Crippen molar-refractivity contribution in [3.63, 3.8) is 0 Å². The number of thioether (sulfide) groups is 1. The lowest BCUT2D eigenvalue weighted by Crippen LogP contribution is -2.37. The van der Waals surface area contributed by atoms with Crippen LogP contribution in [-0.4, -0.2) is 59.4 Å². The second-order valence-corrected chi connectivity index (χ2v) is 7.92. The molecular formula is C21H19FN4O4S. The zero-order valence-electron chi connectivity index (χ0n) is 16.5. The maximum absolute atomic E-state index is 13.9. The molecular weight excluding hydrogens is 423 g/mol. The lowest BCUT2D eigenvalue weighted by molar-refractivity contribution is 0.102. The van der Waals surface area contributed by atoms with Crippen LogP contribution < -0.4 is 14.4 Å². The minimum Gasteiger partial charge on any atom is -0.454 e. The van der Waals surface area contributed by atoms with Crippen molar-refractivity contribution in [2.45, 2.75) is 5.16 Å². The van der Waals surface area contributed by atoms with Crippen molar-refractivity contribution in [1.29, 1.82) is 0 Å². The van der Waals surface area contributed by atoms with Crippen molar-refractivity contribution in [2.75, 3.05) is 43.7 Å². The van der Waals surface area contributed by atoms with Crippen LogP contribution in [0.1, 0.15) is 10.4 Å². The number of hydrogen-bond acceptors (Lipinski definition) is 8. The quantitative estimate of drug-likeness (QED) is 0.426. The van der Waals surface area contributed by atoms with Crippen molar-refractivity contribution in [2.24, 2.45) is 0 Å². The maximum atomic E-state index is 13.9. The molecule has 0 bridgehead atoms. The fourth-order valence-electron chi connectivity index (χ4n) is 3.45. The van der Waals surface area contributed by atoms with Crippen LogP contribution in [-0.2, 0) is 4.74 Å². The van der Waals surface area contributed by atoms with E-state index in [4.69, 9.17) is 14.2 Å². The van der Waals surface area contributed by atoms with Crippen LogP contribution in [0.25, 0.3) is 5.69 Å². The molecule has 0 spiro atoms. The van der Waals surface area contributed by atoms with Gasteiger partial charge in [-0.05, 0) is 36.4 Å². The number of fused-ring (bicyclic) bond motifs is 1. The van der Waals surface area contributed by atoms with Crippen LogP contribution in [0.2, 0.25) is 0 Å². The Hall–Kier alpha value is -3.11. The summed E-state index contributed by atoms with van der Waals surface area (Å²) in [5.74, 6) is 1.51. The summed E-state index contributed by atoms with van der Waals surface area (Å²) < 4.78 is 31.8. The third-order valence-electron chi connectivity index (χ3n) is 5.00. The number of halogens is 1. The molecule has 2 aromatic carbocycles. The van der Waals surface area contributed by atoms with Crippen LogP contribution in [0, 0.1) is 5.82 Å². The summed E-state index contributed by atoms with van der Waals surface area (Å²) in [7, 11) is 0. The van der Waals surface area contributed by atoms with Gasteiger partial charge in [-0.25, -0.2) is 4.39 Å². The van der Waals surface area contributed by atoms with Crippen LogP contribution in [0.3, 0.4) is 0 Å². The van der Waals surface area contributed by atoms with Gasteiger partial charge >= 0.3 is 0 Å². The summed E-state index contributed by atoms with van der Waals surface area (Å²) in [5.41, 5.74) is 1.13. The molecule has 1 saturated heterocycles. The highest BCUT2D eigenvalue weighted by Gasteiger charge is 2.23. The van der Waals surface area contributed by atoms with E-state index in [2.05, 4.69) is 10.2 Å². The molecule has 0 atom stereocenters. The first-order chi connectivity index (χ1) is 15.2. The van der Waals surface area contributed by atoms with Crippen molar-refractivity contribution < 1.29 is 23.4 Å². The van der Waals surface area contributed by atoms with Gasteiger partial charge in [-0.3, -0.25) is 9.36 Å². The van der Waals surface area contributed by atoms with Gasteiger partial charge in [-0.15, -0.1) is 10.2 Å². The van der Waals surface area contributed by atoms with Crippen LogP contribution in [0.4, 0.5) is 10.3 Å². The van der Waals surface area contributed by atoms with E-state index >= 15 is 0 Å². The van der Waals surface area contributed by atoms with Gasteiger partial charge in [-0.2, -0.15) is 0 Å². The van der Waals surface area contributed by atoms with Crippen LogP contribution in [0.15, 0.2) is 47.6 Å². The summed E-state index contributed by atoms with van der Waals surface area (Å²) in [6.07, 6.45) is 0.